The van der Waals surface area contributed by atoms with Gasteiger partial charge in [0, 0.05) is 5.57 Å². The van der Waals surface area contributed by atoms with Crippen LogP contribution in [0.4, 0.5) is 0 Å². The lowest BCUT2D eigenvalue weighted by molar-refractivity contribution is -0.146. The van der Waals surface area contributed by atoms with E-state index in [-0.39, 0.29) is 17.8 Å². The molecule has 0 aromatic heterocycles. The predicted octanol–water partition coefficient (Wildman–Crippen LogP) is 0.348. The van der Waals surface area contributed by atoms with Crippen LogP contribution in [-0.4, -0.2) is 35.9 Å². The van der Waals surface area contributed by atoms with Crippen molar-refractivity contribution in [3.63, 3.8) is 0 Å². The van der Waals surface area contributed by atoms with Crippen LogP contribution >= 0.6 is 0 Å². The lowest BCUT2D eigenvalue weighted by Crippen LogP contribution is -2.21. The van der Waals surface area contributed by atoms with Gasteiger partial charge < -0.3 is 14.6 Å². The minimum absolute atomic E-state index is 0.0448. The van der Waals surface area contributed by atoms with Gasteiger partial charge in [0.1, 0.15) is 12.2 Å². The molecule has 0 radical (unpaired) electrons. The maximum atomic E-state index is 11.2. The fourth-order valence-corrected chi connectivity index (χ4v) is 0.909. The van der Waals surface area contributed by atoms with Crippen molar-refractivity contribution in [3.8, 4) is 0 Å². The molecule has 1 rings (SSSR count). The van der Waals surface area contributed by atoms with Gasteiger partial charge in [-0.25, -0.2) is 4.79 Å². The zero-order valence-electron chi connectivity index (χ0n) is 7.86. The van der Waals surface area contributed by atoms with Gasteiger partial charge in [-0.15, -0.1) is 0 Å². The molecule has 0 aromatic rings. The van der Waals surface area contributed by atoms with Crippen molar-refractivity contribution in [2.24, 2.45) is 0 Å². The first-order valence-corrected chi connectivity index (χ1v) is 4.23. The summed E-state index contributed by atoms with van der Waals surface area (Å²) in [6.45, 7) is 5.61. The van der Waals surface area contributed by atoms with Gasteiger partial charge in [-0.1, -0.05) is 6.58 Å². The summed E-state index contributed by atoms with van der Waals surface area (Å²) in [6.07, 6.45) is -0.776. The minimum Gasteiger partial charge on any atom is -0.481 e. The number of carboxylic acids is 1. The third-order valence-corrected chi connectivity index (χ3v) is 1.83. The summed E-state index contributed by atoms with van der Waals surface area (Å²) in [5.74, 6) is -1.77. The molecule has 1 aliphatic heterocycles. The zero-order chi connectivity index (χ0) is 10.7. The van der Waals surface area contributed by atoms with Gasteiger partial charge in [0.2, 0.25) is 0 Å². The van der Waals surface area contributed by atoms with Crippen LogP contribution in [0, 0.1) is 0 Å². The highest BCUT2D eigenvalue weighted by Crippen LogP contribution is 2.17. The number of aliphatic carboxylic acids is 1. The van der Waals surface area contributed by atoms with Gasteiger partial charge in [-0.2, -0.15) is 0 Å². The van der Waals surface area contributed by atoms with Crippen LogP contribution in [0.1, 0.15) is 13.3 Å². The van der Waals surface area contributed by atoms with Crippen molar-refractivity contribution < 1.29 is 24.2 Å². The molecule has 0 aromatic carbocycles. The quantitative estimate of drug-likeness (QED) is 0.393. The monoisotopic (exact) mass is 200 g/mol. The van der Waals surface area contributed by atoms with Gasteiger partial charge in [0.25, 0.3) is 0 Å². The number of carbonyl (C=O) groups is 2. The number of ether oxygens (including phenoxy) is 2. The first-order chi connectivity index (χ1) is 6.50. The Balaban J connectivity index is 2.32. The number of epoxide rings is 1. The topological polar surface area (TPSA) is 76.1 Å². The Bertz CT molecular complexity index is 266. The number of carbonyl (C=O) groups excluding carboxylic acids is 1. The van der Waals surface area contributed by atoms with Crippen LogP contribution < -0.4 is 0 Å². The number of hydrogen-bond acceptors (Lipinski definition) is 4. The van der Waals surface area contributed by atoms with Gasteiger partial charge in [-0.05, 0) is 6.92 Å². The molecule has 0 spiro atoms. The van der Waals surface area contributed by atoms with Crippen LogP contribution in [0.15, 0.2) is 12.2 Å². The first-order valence-electron chi connectivity index (χ1n) is 4.23. The highest BCUT2D eigenvalue weighted by Gasteiger charge is 2.32. The van der Waals surface area contributed by atoms with Crippen molar-refractivity contribution in [3.05, 3.63) is 12.2 Å². The van der Waals surface area contributed by atoms with Crippen LogP contribution in [0.25, 0.3) is 0 Å². The van der Waals surface area contributed by atoms with Gasteiger partial charge >= 0.3 is 11.9 Å². The van der Waals surface area contributed by atoms with E-state index in [1.807, 2.05) is 0 Å². The highest BCUT2D eigenvalue weighted by atomic mass is 16.6. The Hall–Kier alpha value is -1.36. The number of carboxylic acid groups (broad SMARTS) is 1. The van der Waals surface area contributed by atoms with Gasteiger partial charge in [0.15, 0.2) is 0 Å². The fraction of sp³-hybridized carbons (Fsp3) is 0.556. The van der Waals surface area contributed by atoms with Crippen molar-refractivity contribution in [1.29, 1.82) is 0 Å². The standard InChI is InChI=1S/C9H12O5/c1-5(3-8(10)11)9(12)14-6(2)7-4-13-7/h6-7H,1,3-4H2,2H3,(H,10,11). The minimum atomic E-state index is -1.10. The number of hydrogen-bond donors (Lipinski definition) is 1. The van der Waals surface area contributed by atoms with Crippen molar-refractivity contribution in [2.45, 2.75) is 25.6 Å². The second-order valence-corrected chi connectivity index (χ2v) is 3.16. The lowest BCUT2D eigenvalue weighted by Gasteiger charge is -2.10. The molecule has 0 aliphatic carbocycles. The summed E-state index contributed by atoms with van der Waals surface area (Å²) in [4.78, 5) is 21.4. The summed E-state index contributed by atoms with van der Waals surface area (Å²) in [7, 11) is 0. The third-order valence-electron chi connectivity index (χ3n) is 1.83. The van der Waals surface area contributed by atoms with E-state index < -0.39 is 18.4 Å². The highest BCUT2D eigenvalue weighted by molar-refractivity contribution is 5.92. The maximum Gasteiger partial charge on any atom is 0.334 e. The SMILES string of the molecule is C=C(CC(=O)O)C(=O)OC(C)C1CO1. The molecule has 0 bridgehead atoms. The molecule has 1 heterocycles. The lowest BCUT2D eigenvalue weighted by atomic mass is 10.2. The van der Waals surface area contributed by atoms with Crippen LogP contribution in [0.5, 0.6) is 0 Å². The summed E-state index contributed by atoms with van der Waals surface area (Å²) in [5, 5.41) is 8.40. The van der Waals surface area contributed by atoms with Crippen molar-refractivity contribution in [2.75, 3.05) is 6.61 Å². The molecule has 5 heteroatoms. The van der Waals surface area contributed by atoms with E-state index in [0.29, 0.717) is 6.61 Å². The molecule has 0 saturated carbocycles. The largest absolute Gasteiger partial charge is 0.481 e. The maximum absolute atomic E-state index is 11.2. The van der Waals surface area contributed by atoms with E-state index in [4.69, 9.17) is 14.6 Å². The average molecular weight is 200 g/mol. The third kappa shape index (κ3) is 3.18. The molecule has 0 amide bonds. The fourth-order valence-electron chi connectivity index (χ4n) is 0.909. The second-order valence-electron chi connectivity index (χ2n) is 3.16. The van der Waals surface area contributed by atoms with Crippen LogP contribution in [0.3, 0.4) is 0 Å². The second kappa shape index (κ2) is 4.23. The van der Waals surface area contributed by atoms with Crippen LogP contribution in [0.2, 0.25) is 0 Å². The Kier molecular flexibility index (Phi) is 3.24. The van der Waals surface area contributed by atoms with Crippen molar-refractivity contribution in [1.82, 2.24) is 0 Å². The Morgan fingerprint density at radius 3 is 2.71 bits per heavy atom. The summed E-state index contributed by atoms with van der Waals surface area (Å²) < 4.78 is 9.82. The molecule has 78 valence electrons. The van der Waals surface area contributed by atoms with E-state index in [9.17, 15) is 9.59 Å². The molecule has 14 heavy (non-hydrogen) atoms. The molecule has 1 N–H and O–H groups in total. The number of rotatable bonds is 5. The summed E-state index contributed by atoms with van der Waals surface area (Å²) >= 11 is 0. The molecular weight excluding hydrogens is 188 g/mol. The average Bonchev–Trinajstić information content (AvgIpc) is 2.84. The van der Waals surface area contributed by atoms with E-state index in [0.717, 1.165) is 0 Å². The van der Waals surface area contributed by atoms with E-state index >= 15 is 0 Å². The first kappa shape index (κ1) is 10.7. The Morgan fingerprint density at radius 2 is 2.29 bits per heavy atom. The number of esters is 1. The molecule has 1 aliphatic rings. The summed E-state index contributed by atoms with van der Waals surface area (Å²) in [5.41, 5.74) is -0.0509. The predicted molar refractivity (Wildman–Crippen MR) is 46.7 cm³/mol. The van der Waals surface area contributed by atoms with Crippen LogP contribution in [-0.2, 0) is 19.1 Å². The molecule has 5 nitrogen and oxygen atoms in total. The normalized spacial score (nSPS) is 21.1. The summed E-state index contributed by atoms with van der Waals surface area (Å²) in [6, 6.07) is 0. The zero-order valence-corrected chi connectivity index (χ0v) is 7.86. The van der Waals surface area contributed by atoms with Gasteiger partial charge in [0.05, 0.1) is 13.0 Å². The van der Waals surface area contributed by atoms with E-state index in [2.05, 4.69) is 6.58 Å². The Morgan fingerprint density at radius 1 is 1.71 bits per heavy atom. The van der Waals surface area contributed by atoms with Crippen molar-refractivity contribution >= 4 is 11.9 Å². The molecule has 1 fully saturated rings. The Labute approximate surface area is 81.3 Å². The molecule has 2 unspecified atom stereocenters. The smallest absolute Gasteiger partial charge is 0.334 e. The molecule has 1 saturated heterocycles. The molecular formula is C9H12O5. The molecule has 2 atom stereocenters. The van der Waals surface area contributed by atoms with E-state index in [1.54, 1.807) is 6.92 Å². The van der Waals surface area contributed by atoms with Gasteiger partial charge in [-0.3, -0.25) is 4.79 Å². The van der Waals surface area contributed by atoms with E-state index in [1.165, 1.54) is 0 Å².